The summed E-state index contributed by atoms with van der Waals surface area (Å²) in [7, 11) is 0. The molecule has 1 aromatic carbocycles. The number of tetrazole rings is 1. The van der Waals surface area contributed by atoms with Gasteiger partial charge >= 0.3 is 5.97 Å². The zero-order valence-electron chi connectivity index (χ0n) is 10.9. The quantitative estimate of drug-likeness (QED) is 0.938. The lowest BCUT2D eigenvalue weighted by Crippen LogP contribution is -2.48. The van der Waals surface area contributed by atoms with Crippen LogP contribution in [0.2, 0.25) is 5.02 Å². The molecule has 1 fully saturated rings. The number of nitrogens with zero attached hydrogens (tertiary/aromatic N) is 4. The van der Waals surface area contributed by atoms with E-state index in [0.717, 1.165) is 12.0 Å². The van der Waals surface area contributed by atoms with Crippen molar-refractivity contribution in [3.63, 3.8) is 0 Å². The topological polar surface area (TPSA) is 80.9 Å². The van der Waals surface area contributed by atoms with E-state index in [-0.39, 0.29) is 0 Å². The molecule has 0 amide bonds. The zero-order valence-corrected chi connectivity index (χ0v) is 11.6. The minimum absolute atomic E-state index is 0.400. The van der Waals surface area contributed by atoms with Crippen LogP contribution in [0, 0.1) is 6.92 Å². The number of carboxylic acid groups (broad SMARTS) is 1. The van der Waals surface area contributed by atoms with E-state index in [1.165, 1.54) is 4.68 Å². The van der Waals surface area contributed by atoms with Crippen LogP contribution in [0.5, 0.6) is 0 Å². The molecular formula is C13H13ClN4O2. The third-order valence-electron chi connectivity index (χ3n) is 3.82. The second kappa shape index (κ2) is 4.56. The molecule has 1 heterocycles. The van der Waals surface area contributed by atoms with Crippen molar-refractivity contribution in [1.29, 1.82) is 0 Å². The van der Waals surface area contributed by atoms with E-state index in [9.17, 15) is 9.90 Å². The fourth-order valence-electron chi connectivity index (χ4n) is 2.47. The largest absolute Gasteiger partial charge is 0.479 e. The third kappa shape index (κ3) is 1.79. The number of rotatable bonds is 3. The molecule has 3 rings (SSSR count). The Morgan fingerprint density at radius 1 is 1.45 bits per heavy atom. The van der Waals surface area contributed by atoms with Crippen LogP contribution in [-0.2, 0) is 10.3 Å². The highest BCUT2D eigenvalue weighted by Gasteiger charge is 2.49. The summed E-state index contributed by atoms with van der Waals surface area (Å²) in [6.07, 6.45) is 1.92. The van der Waals surface area contributed by atoms with Crippen molar-refractivity contribution in [1.82, 2.24) is 20.2 Å². The first-order valence-electron chi connectivity index (χ1n) is 6.33. The number of aliphatic carboxylic acids is 1. The van der Waals surface area contributed by atoms with Crippen molar-refractivity contribution in [2.45, 2.75) is 31.7 Å². The van der Waals surface area contributed by atoms with Crippen LogP contribution >= 0.6 is 11.6 Å². The van der Waals surface area contributed by atoms with Crippen LogP contribution in [0.3, 0.4) is 0 Å². The molecule has 1 saturated carbocycles. The lowest BCUT2D eigenvalue weighted by atomic mass is 9.76. The number of benzene rings is 1. The number of halogens is 1. The number of aromatic nitrogens is 4. The summed E-state index contributed by atoms with van der Waals surface area (Å²) in [5.74, 6) is -0.502. The summed E-state index contributed by atoms with van der Waals surface area (Å²) < 4.78 is 1.40. The Bertz CT molecular complexity index is 679. The van der Waals surface area contributed by atoms with Gasteiger partial charge in [0.05, 0.1) is 5.02 Å². The van der Waals surface area contributed by atoms with E-state index in [4.69, 9.17) is 11.6 Å². The smallest absolute Gasteiger partial charge is 0.331 e. The van der Waals surface area contributed by atoms with E-state index in [2.05, 4.69) is 15.5 Å². The molecule has 0 spiro atoms. The summed E-state index contributed by atoms with van der Waals surface area (Å²) in [6.45, 7) is 1.93. The Morgan fingerprint density at radius 3 is 2.75 bits per heavy atom. The van der Waals surface area contributed by atoms with Gasteiger partial charge in [-0.2, -0.15) is 0 Å². The average molecular weight is 293 g/mol. The molecule has 0 radical (unpaired) electrons. The normalized spacial score (nSPS) is 16.7. The van der Waals surface area contributed by atoms with Crippen molar-refractivity contribution in [3.05, 3.63) is 28.8 Å². The van der Waals surface area contributed by atoms with Gasteiger partial charge < -0.3 is 5.11 Å². The maximum absolute atomic E-state index is 11.6. The maximum atomic E-state index is 11.6. The fraction of sp³-hybridized carbons (Fsp3) is 0.385. The highest BCUT2D eigenvalue weighted by molar-refractivity contribution is 6.33. The van der Waals surface area contributed by atoms with Crippen LogP contribution in [0.15, 0.2) is 18.2 Å². The van der Waals surface area contributed by atoms with Crippen LogP contribution in [-0.4, -0.2) is 31.3 Å². The van der Waals surface area contributed by atoms with E-state index in [1.807, 2.05) is 25.1 Å². The second-order valence-corrected chi connectivity index (χ2v) is 5.50. The van der Waals surface area contributed by atoms with Gasteiger partial charge in [-0.3, -0.25) is 0 Å². The molecule has 1 aliphatic rings. The SMILES string of the molecule is Cc1ccc(-c2nnnn2C2(C(=O)O)CCC2)c(Cl)c1. The van der Waals surface area contributed by atoms with Gasteiger partial charge in [-0.1, -0.05) is 17.7 Å². The third-order valence-corrected chi connectivity index (χ3v) is 4.13. The van der Waals surface area contributed by atoms with E-state index >= 15 is 0 Å². The van der Waals surface area contributed by atoms with Crippen LogP contribution in [0.1, 0.15) is 24.8 Å². The molecular weight excluding hydrogens is 280 g/mol. The van der Waals surface area contributed by atoms with E-state index < -0.39 is 11.5 Å². The van der Waals surface area contributed by atoms with Gasteiger partial charge in [0.2, 0.25) is 0 Å². The first-order chi connectivity index (χ1) is 9.54. The average Bonchev–Trinajstić information content (AvgIpc) is 2.76. The summed E-state index contributed by atoms with van der Waals surface area (Å²) in [5, 5.41) is 21.5. The van der Waals surface area contributed by atoms with Gasteiger partial charge in [-0.25, -0.2) is 9.48 Å². The van der Waals surface area contributed by atoms with Crippen LogP contribution < -0.4 is 0 Å². The van der Waals surface area contributed by atoms with Gasteiger partial charge in [-0.15, -0.1) is 5.10 Å². The molecule has 0 saturated heterocycles. The van der Waals surface area contributed by atoms with Gasteiger partial charge in [0.15, 0.2) is 11.4 Å². The molecule has 20 heavy (non-hydrogen) atoms. The van der Waals surface area contributed by atoms with Gasteiger partial charge in [0.25, 0.3) is 0 Å². The molecule has 0 atom stereocenters. The maximum Gasteiger partial charge on any atom is 0.331 e. The Hall–Kier alpha value is -1.95. The first-order valence-corrected chi connectivity index (χ1v) is 6.71. The van der Waals surface area contributed by atoms with Crippen molar-refractivity contribution in [3.8, 4) is 11.4 Å². The number of carboxylic acids is 1. The minimum Gasteiger partial charge on any atom is -0.479 e. The Kier molecular flexibility index (Phi) is 2.97. The van der Waals surface area contributed by atoms with E-state index in [0.29, 0.717) is 29.3 Å². The summed E-state index contributed by atoms with van der Waals surface area (Å²) in [5.41, 5.74) is 0.636. The Balaban J connectivity index is 2.13. The van der Waals surface area contributed by atoms with E-state index in [1.54, 1.807) is 0 Å². The van der Waals surface area contributed by atoms with Crippen LogP contribution in [0.4, 0.5) is 0 Å². The lowest BCUT2D eigenvalue weighted by molar-refractivity contribution is -0.153. The molecule has 1 N–H and O–H groups in total. The highest BCUT2D eigenvalue weighted by atomic mass is 35.5. The molecule has 104 valence electrons. The van der Waals surface area contributed by atoms with Crippen molar-refractivity contribution in [2.24, 2.45) is 0 Å². The zero-order chi connectivity index (χ0) is 14.3. The standard InChI is InChI=1S/C13H13ClN4O2/c1-8-3-4-9(10(14)7-8)11-15-16-17-18(11)13(12(19)20)5-2-6-13/h3-4,7H,2,5-6H2,1H3,(H,19,20). The molecule has 0 aliphatic heterocycles. The highest BCUT2D eigenvalue weighted by Crippen LogP contribution is 2.41. The molecule has 6 nitrogen and oxygen atoms in total. The molecule has 0 unspecified atom stereocenters. The number of carbonyl (C=O) groups is 1. The molecule has 0 bridgehead atoms. The summed E-state index contributed by atoms with van der Waals surface area (Å²) in [4.78, 5) is 11.6. The predicted octanol–water partition coefficient (Wildman–Crippen LogP) is 2.27. The lowest BCUT2D eigenvalue weighted by Gasteiger charge is -2.37. The summed E-state index contributed by atoms with van der Waals surface area (Å²) >= 11 is 6.23. The van der Waals surface area contributed by atoms with Crippen molar-refractivity contribution in [2.75, 3.05) is 0 Å². The number of hydrogen-bond donors (Lipinski definition) is 1. The van der Waals surface area contributed by atoms with Gasteiger partial charge in [0.1, 0.15) is 0 Å². The Labute approximate surface area is 120 Å². The van der Waals surface area contributed by atoms with Crippen molar-refractivity contribution >= 4 is 17.6 Å². The molecule has 7 heteroatoms. The van der Waals surface area contributed by atoms with Gasteiger partial charge in [-0.05, 0) is 54.3 Å². The molecule has 2 aromatic rings. The van der Waals surface area contributed by atoms with Gasteiger partial charge in [0, 0.05) is 5.56 Å². The number of hydrogen-bond acceptors (Lipinski definition) is 4. The predicted molar refractivity (Wildman–Crippen MR) is 72.5 cm³/mol. The molecule has 1 aliphatic carbocycles. The number of aryl methyl sites for hydroxylation is 1. The fourth-order valence-corrected chi connectivity index (χ4v) is 2.79. The van der Waals surface area contributed by atoms with Crippen LogP contribution in [0.25, 0.3) is 11.4 Å². The second-order valence-electron chi connectivity index (χ2n) is 5.09. The summed E-state index contributed by atoms with van der Waals surface area (Å²) in [6, 6.07) is 5.52. The molecule has 1 aromatic heterocycles. The monoisotopic (exact) mass is 292 g/mol. The first kappa shape index (κ1) is 13.1. The van der Waals surface area contributed by atoms with Crippen molar-refractivity contribution < 1.29 is 9.90 Å². The Morgan fingerprint density at radius 2 is 2.20 bits per heavy atom. The minimum atomic E-state index is -1.03.